The van der Waals surface area contributed by atoms with Gasteiger partial charge in [0, 0.05) is 13.0 Å². The molecule has 0 rings (SSSR count). The molecule has 5 N–H and O–H groups in total. The SMILES string of the molecule is NCCC(O)(O[PH](=O)O)O[PH](=O)O. The highest BCUT2D eigenvalue weighted by Gasteiger charge is 2.32. The molecular weight excluding hydrogens is 224 g/mol. The van der Waals surface area contributed by atoms with Crippen molar-refractivity contribution in [2.24, 2.45) is 5.73 Å². The fraction of sp³-hybridized carbons (Fsp3) is 1.00. The van der Waals surface area contributed by atoms with Gasteiger partial charge in [0.1, 0.15) is 0 Å². The van der Waals surface area contributed by atoms with Gasteiger partial charge < -0.3 is 20.6 Å². The Morgan fingerprint density at radius 1 is 1.23 bits per heavy atom. The van der Waals surface area contributed by atoms with E-state index in [0.29, 0.717) is 0 Å². The van der Waals surface area contributed by atoms with Gasteiger partial charge in [-0.15, -0.1) is 0 Å². The molecule has 0 aliphatic carbocycles. The van der Waals surface area contributed by atoms with Gasteiger partial charge >= 0.3 is 16.5 Å². The summed E-state index contributed by atoms with van der Waals surface area (Å²) in [7, 11) is -6.95. The van der Waals surface area contributed by atoms with Crippen LogP contribution in [-0.4, -0.2) is 27.4 Å². The molecule has 8 nitrogen and oxygen atoms in total. The van der Waals surface area contributed by atoms with Gasteiger partial charge in [-0.05, 0) is 0 Å². The summed E-state index contributed by atoms with van der Waals surface area (Å²) in [6, 6.07) is 0. The molecule has 0 saturated carbocycles. The van der Waals surface area contributed by atoms with E-state index in [0.717, 1.165) is 0 Å². The zero-order valence-corrected chi connectivity index (χ0v) is 8.47. The third kappa shape index (κ3) is 6.31. The van der Waals surface area contributed by atoms with Crippen molar-refractivity contribution in [3.63, 3.8) is 0 Å². The Kier molecular flexibility index (Phi) is 5.95. The van der Waals surface area contributed by atoms with Crippen LogP contribution in [0, 0.1) is 0 Å². The van der Waals surface area contributed by atoms with Crippen LogP contribution in [0.15, 0.2) is 0 Å². The molecule has 0 fully saturated rings. The molecule has 2 atom stereocenters. The Labute approximate surface area is 75.2 Å². The van der Waals surface area contributed by atoms with Crippen LogP contribution < -0.4 is 5.73 Å². The summed E-state index contributed by atoms with van der Waals surface area (Å²) in [5.41, 5.74) is 5.00. The molecular formula is C3H11NO7P2. The molecule has 2 unspecified atom stereocenters. The minimum atomic E-state index is -3.47. The van der Waals surface area contributed by atoms with Crippen LogP contribution in [0.3, 0.4) is 0 Å². The number of hydrogen-bond acceptors (Lipinski definition) is 6. The van der Waals surface area contributed by atoms with Crippen LogP contribution in [0.25, 0.3) is 0 Å². The summed E-state index contributed by atoms with van der Waals surface area (Å²) in [5.74, 6) is -2.57. The zero-order valence-electron chi connectivity index (χ0n) is 6.47. The van der Waals surface area contributed by atoms with Crippen molar-refractivity contribution >= 4 is 16.5 Å². The molecule has 0 amide bonds. The van der Waals surface area contributed by atoms with Gasteiger partial charge in [-0.1, -0.05) is 0 Å². The van der Waals surface area contributed by atoms with Crippen LogP contribution in [0.4, 0.5) is 0 Å². The van der Waals surface area contributed by atoms with E-state index in [1.807, 2.05) is 0 Å². The second-order valence-corrected chi connectivity index (χ2v) is 3.46. The lowest BCUT2D eigenvalue weighted by molar-refractivity contribution is -0.275. The third-order valence-corrected chi connectivity index (χ3v) is 1.94. The molecule has 0 aromatic carbocycles. The predicted molar refractivity (Wildman–Crippen MR) is 43.2 cm³/mol. The highest BCUT2D eigenvalue weighted by Crippen LogP contribution is 2.34. The monoisotopic (exact) mass is 235 g/mol. The maximum Gasteiger partial charge on any atom is 0.320 e. The second kappa shape index (κ2) is 5.85. The van der Waals surface area contributed by atoms with Gasteiger partial charge in [-0.3, -0.25) is 18.2 Å². The molecule has 0 aromatic rings. The minimum Gasteiger partial charge on any atom is -0.343 e. The maximum absolute atomic E-state index is 10.2. The van der Waals surface area contributed by atoms with Crippen molar-refractivity contribution in [1.82, 2.24) is 0 Å². The molecule has 0 radical (unpaired) electrons. The average Bonchev–Trinajstić information content (AvgIpc) is 1.81. The lowest BCUT2D eigenvalue weighted by atomic mass is 10.4. The van der Waals surface area contributed by atoms with E-state index in [1.54, 1.807) is 0 Å². The molecule has 0 saturated heterocycles. The summed E-state index contributed by atoms with van der Waals surface area (Å²) in [4.78, 5) is 16.6. The van der Waals surface area contributed by atoms with Crippen LogP contribution in [0.5, 0.6) is 0 Å². The van der Waals surface area contributed by atoms with Gasteiger partial charge in [-0.2, -0.15) is 0 Å². The number of rotatable bonds is 6. The summed E-state index contributed by atoms with van der Waals surface area (Å²) in [6.45, 7) is -0.138. The number of hydrogen-bond donors (Lipinski definition) is 4. The van der Waals surface area contributed by atoms with E-state index < -0.39 is 22.5 Å². The predicted octanol–water partition coefficient (Wildman–Crippen LogP) is -1.22. The maximum atomic E-state index is 10.2. The molecule has 0 bridgehead atoms. The quantitative estimate of drug-likeness (QED) is 0.331. The topological polar surface area (TPSA) is 139 Å². The van der Waals surface area contributed by atoms with Crippen molar-refractivity contribution < 1.29 is 33.1 Å². The van der Waals surface area contributed by atoms with Crippen molar-refractivity contribution in [1.29, 1.82) is 0 Å². The normalized spacial score (nSPS) is 20.6. The minimum absolute atomic E-state index is 0.138. The first-order chi connectivity index (χ1) is 5.89. The lowest BCUT2D eigenvalue weighted by Crippen LogP contribution is -2.33. The average molecular weight is 235 g/mol. The van der Waals surface area contributed by atoms with Crippen LogP contribution in [0.1, 0.15) is 6.42 Å². The Hall–Kier alpha value is 0.220. The van der Waals surface area contributed by atoms with Crippen molar-refractivity contribution in [3.8, 4) is 0 Å². The van der Waals surface area contributed by atoms with Gasteiger partial charge in [0.2, 0.25) is 0 Å². The van der Waals surface area contributed by atoms with Gasteiger partial charge in [0.05, 0.1) is 0 Å². The molecule has 0 aromatic heterocycles. The van der Waals surface area contributed by atoms with Gasteiger partial charge in [0.15, 0.2) is 0 Å². The molecule has 0 spiro atoms. The first-order valence-electron chi connectivity index (χ1n) is 3.16. The first-order valence-corrected chi connectivity index (χ1v) is 5.68. The summed E-state index contributed by atoms with van der Waals surface area (Å²) < 4.78 is 28.4. The number of nitrogens with two attached hydrogens (primary N) is 1. The summed E-state index contributed by atoms with van der Waals surface area (Å²) in [5, 5.41) is 9.16. The van der Waals surface area contributed by atoms with E-state index in [1.165, 1.54) is 0 Å². The molecule has 10 heteroatoms. The lowest BCUT2D eigenvalue weighted by Gasteiger charge is -2.23. The highest BCUT2D eigenvalue weighted by molar-refractivity contribution is 7.33. The summed E-state index contributed by atoms with van der Waals surface area (Å²) in [6.07, 6.45) is -0.388. The molecule has 0 heterocycles. The largest absolute Gasteiger partial charge is 0.343 e. The third-order valence-electron chi connectivity index (χ3n) is 0.954. The van der Waals surface area contributed by atoms with Crippen molar-refractivity contribution in [3.05, 3.63) is 0 Å². The van der Waals surface area contributed by atoms with Gasteiger partial charge in [0.25, 0.3) is 5.97 Å². The van der Waals surface area contributed by atoms with E-state index in [-0.39, 0.29) is 13.0 Å². The standard InChI is InChI=1S/C3H11NO7P2/c4-2-1-3(5,10-12(6)7)11-13(8)9/h5,12-13H,1-2,4H2,(H,6,7)(H,8,9). The second-order valence-electron chi connectivity index (χ2n) is 1.99. The van der Waals surface area contributed by atoms with Crippen molar-refractivity contribution in [2.45, 2.75) is 12.4 Å². The van der Waals surface area contributed by atoms with Crippen LogP contribution >= 0.6 is 16.5 Å². The Bertz CT molecular complexity index is 192. The number of aliphatic hydroxyl groups is 1. The fourth-order valence-electron chi connectivity index (χ4n) is 0.578. The van der Waals surface area contributed by atoms with E-state index >= 15 is 0 Å². The van der Waals surface area contributed by atoms with E-state index in [2.05, 4.69) is 9.05 Å². The first kappa shape index (κ1) is 13.2. The van der Waals surface area contributed by atoms with Crippen molar-refractivity contribution in [2.75, 3.05) is 6.54 Å². The Morgan fingerprint density at radius 3 is 1.85 bits per heavy atom. The molecule has 0 aliphatic heterocycles. The Balaban J connectivity index is 4.32. The smallest absolute Gasteiger partial charge is 0.320 e. The fourth-order valence-corrected chi connectivity index (χ4v) is 1.49. The Morgan fingerprint density at radius 2 is 1.62 bits per heavy atom. The molecule has 80 valence electrons. The molecule has 13 heavy (non-hydrogen) atoms. The zero-order chi connectivity index (χ0) is 10.5. The van der Waals surface area contributed by atoms with Crippen LogP contribution in [-0.2, 0) is 18.2 Å². The molecule has 0 aliphatic rings. The van der Waals surface area contributed by atoms with Gasteiger partial charge in [-0.25, -0.2) is 0 Å². The van der Waals surface area contributed by atoms with E-state index in [4.69, 9.17) is 20.6 Å². The van der Waals surface area contributed by atoms with E-state index in [9.17, 15) is 9.13 Å². The highest BCUT2D eigenvalue weighted by atomic mass is 31.1. The van der Waals surface area contributed by atoms with Crippen LogP contribution in [0.2, 0.25) is 0 Å². The summed E-state index contributed by atoms with van der Waals surface area (Å²) >= 11 is 0.